The Balaban J connectivity index is 2.25. The van der Waals surface area contributed by atoms with E-state index < -0.39 is 11.5 Å². The van der Waals surface area contributed by atoms with Gasteiger partial charge in [0.25, 0.3) is 5.56 Å². The molecule has 0 radical (unpaired) electrons. The SMILES string of the molecule is Cn1cc(-n2nc(-c3ccc(Cl)cc3)cc(C(=O)O)c2=O)cn1. The van der Waals surface area contributed by atoms with Crippen LogP contribution in [0.2, 0.25) is 5.02 Å². The van der Waals surface area contributed by atoms with Gasteiger partial charge in [-0.25, -0.2) is 4.79 Å². The summed E-state index contributed by atoms with van der Waals surface area (Å²) >= 11 is 5.86. The van der Waals surface area contributed by atoms with E-state index in [4.69, 9.17) is 11.6 Å². The maximum absolute atomic E-state index is 12.3. The largest absolute Gasteiger partial charge is 0.477 e. The minimum absolute atomic E-state index is 0.350. The smallest absolute Gasteiger partial charge is 0.341 e. The van der Waals surface area contributed by atoms with Crippen LogP contribution in [0.5, 0.6) is 0 Å². The Labute approximate surface area is 135 Å². The van der Waals surface area contributed by atoms with Crippen LogP contribution < -0.4 is 5.56 Å². The first-order valence-corrected chi connectivity index (χ1v) is 6.96. The zero-order valence-electron chi connectivity index (χ0n) is 12.0. The number of carboxylic acids is 1. The lowest BCUT2D eigenvalue weighted by Gasteiger charge is -2.07. The van der Waals surface area contributed by atoms with Gasteiger partial charge in [-0.3, -0.25) is 9.48 Å². The molecule has 0 aliphatic rings. The van der Waals surface area contributed by atoms with Crippen LogP contribution in [0.25, 0.3) is 16.9 Å². The van der Waals surface area contributed by atoms with Gasteiger partial charge < -0.3 is 5.11 Å². The molecule has 0 bridgehead atoms. The number of carbonyl (C=O) groups is 1. The number of carboxylic acid groups (broad SMARTS) is 1. The molecule has 0 saturated carbocycles. The van der Waals surface area contributed by atoms with Gasteiger partial charge in [0.2, 0.25) is 0 Å². The zero-order valence-corrected chi connectivity index (χ0v) is 12.7. The van der Waals surface area contributed by atoms with Crippen molar-refractivity contribution in [2.45, 2.75) is 0 Å². The minimum Gasteiger partial charge on any atom is -0.477 e. The van der Waals surface area contributed by atoms with E-state index in [1.165, 1.54) is 16.9 Å². The Morgan fingerprint density at radius 3 is 2.52 bits per heavy atom. The molecular formula is C15H11ClN4O3. The van der Waals surface area contributed by atoms with Crippen molar-refractivity contribution in [3.05, 3.63) is 63.7 Å². The van der Waals surface area contributed by atoms with Crippen LogP contribution in [-0.4, -0.2) is 30.6 Å². The zero-order chi connectivity index (χ0) is 16.6. The van der Waals surface area contributed by atoms with Gasteiger partial charge in [-0.2, -0.15) is 14.9 Å². The van der Waals surface area contributed by atoms with Crippen LogP contribution >= 0.6 is 11.6 Å². The summed E-state index contributed by atoms with van der Waals surface area (Å²) < 4.78 is 2.53. The van der Waals surface area contributed by atoms with Crippen molar-refractivity contribution in [2.24, 2.45) is 7.05 Å². The fourth-order valence-corrected chi connectivity index (χ4v) is 2.23. The lowest BCUT2D eigenvalue weighted by atomic mass is 10.1. The molecule has 3 aromatic rings. The number of aromatic nitrogens is 4. The van der Waals surface area contributed by atoms with Crippen LogP contribution in [0.4, 0.5) is 0 Å². The van der Waals surface area contributed by atoms with Crippen LogP contribution in [0, 0.1) is 0 Å². The number of hydrogen-bond acceptors (Lipinski definition) is 4. The van der Waals surface area contributed by atoms with Gasteiger partial charge in [-0.15, -0.1) is 0 Å². The number of rotatable bonds is 3. The summed E-state index contributed by atoms with van der Waals surface area (Å²) in [4.78, 5) is 23.7. The Hall–Kier alpha value is -2.93. The fourth-order valence-electron chi connectivity index (χ4n) is 2.10. The second kappa shape index (κ2) is 5.69. The summed E-state index contributed by atoms with van der Waals surface area (Å²) in [5.74, 6) is -1.31. The quantitative estimate of drug-likeness (QED) is 0.793. The Kier molecular flexibility index (Phi) is 3.71. The van der Waals surface area contributed by atoms with Gasteiger partial charge in [0.1, 0.15) is 11.3 Å². The monoisotopic (exact) mass is 330 g/mol. The summed E-state index contributed by atoms with van der Waals surface area (Å²) in [6.45, 7) is 0. The van der Waals surface area contributed by atoms with Crippen molar-refractivity contribution < 1.29 is 9.90 Å². The minimum atomic E-state index is -1.31. The second-order valence-corrected chi connectivity index (χ2v) is 5.28. The molecule has 1 N–H and O–H groups in total. The lowest BCUT2D eigenvalue weighted by Crippen LogP contribution is -2.27. The van der Waals surface area contributed by atoms with Crippen LogP contribution in [-0.2, 0) is 7.05 Å². The molecule has 8 heteroatoms. The van der Waals surface area contributed by atoms with E-state index in [1.807, 2.05) is 0 Å². The molecule has 2 aromatic heterocycles. The predicted molar refractivity (Wildman–Crippen MR) is 84.0 cm³/mol. The first-order valence-electron chi connectivity index (χ1n) is 6.58. The number of aromatic carboxylic acids is 1. The first kappa shape index (κ1) is 15.0. The average molecular weight is 331 g/mol. The number of benzene rings is 1. The van der Waals surface area contributed by atoms with E-state index >= 15 is 0 Å². The second-order valence-electron chi connectivity index (χ2n) is 4.84. The van der Waals surface area contributed by atoms with Gasteiger partial charge in [0.15, 0.2) is 0 Å². The first-order chi connectivity index (χ1) is 11.0. The van der Waals surface area contributed by atoms with Crippen molar-refractivity contribution in [2.75, 3.05) is 0 Å². The number of hydrogen-bond donors (Lipinski definition) is 1. The molecule has 116 valence electrons. The van der Waals surface area contributed by atoms with Gasteiger partial charge in [0.05, 0.1) is 18.1 Å². The highest BCUT2D eigenvalue weighted by Crippen LogP contribution is 2.20. The molecular weight excluding hydrogens is 320 g/mol. The van der Waals surface area contributed by atoms with Gasteiger partial charge in [0, 0.05) is 17.6 Å². The summed E-state index contributed by atoms with van der Waals surface area (Å²) in [7, 11) is 1.69. The standard InChI is InChI=1S/C15H11ClN4O3/c1-19-8-11(7-17-19)20-14(21)12(15(22)23)6-13(18-20)9-2-4-10(16)5-3-9/h2-8H,1H3,(H,22,23). The summed E-state index contributed by atoms with van der Waals surface area (Å²) in [6.07, 6.45) is 3.01. The number of nitrogens with zero attached hydrogens (tertiary/aromatic N) is 4. The molecule has 3 rings (SSSR count). The molecule has 0 saturated heterocycles. The van der Waals surface area contributed by atoms with Crippen molar-refractivity contribution >= 4 is 17.6 Å². The average Bonchev–Trinajstić information content (AvgIpc) is 2.94. The van der Waals surface area contributed by atoms with E-state index in [0.717, 1.165) is 4.68 Å². The molecule has 0 aliphatic carbocycles. The van der Waals surface area contributed by atoms with Gasteiger partial charge in [-0.1, -0.05) is 23.7 Å². The lowest BCUT2D eigenvalue weighted by molar-refractivity contribution is 0.0694. The van der Waals surface area contributed by atoms with Gasteiger partial charge in [-0.05, 0) is 18.2 Å². The van der Waals surface area contributed by atoms with Crippen molar-refractivity contribution in [3.63, 3.8) is 0 Å². The third kappa shape index (κ3) is 2.86. The summed E-state index contributed by atoms with van der Waals surface area (Å²) in [6, 6.07) is 7.99. The molecule has 0 fully saturated rings. The molecule has 1 aromatic carbocycles. The highest BCUT2D eigenvalue weighted by Gasteiger charge is 2.17. The Morgan fingerprint density at radius 1 is 1.26 bits per heavy atom. The van der Waals surface area contributed by atoms with Crippen molar-refractivity contribution in [1.29, 1.82) is 0 Å². The van der Waals surface area contributed by atoms with Crippen molar-refractivity contribution in [1.82, 2.24) is 19.6 Å². The number of halogens is 1. The highest BCUT2D eigenvalue weighted by molar-refractivity contribution is 6.30. The van der Waals surface area contributed by atoms with Gasteiger partial charge >= 0.3 is 5.97 Å². The maximum Gasteiger partial charge on any atom is 0.341 e. The topological polar surface area (TPSA) is 90.0 Å². The van der Waals surface area contributed by atoms with E-state index in [0.29, 0.717) is 22.0 Å². The highest BCUT2D eigenvalue weighted by atomic mass is 35.5. The van der Waals surface area contributed by atoms with E-state index in [1.54, 1.807) is 37.5 Å². The van der Waals surface area contributed by atoms with Crippen LogP contribution in [0.1, 0.15) is 10.4 Å². The summed E-state index contributed by atoms with van der Waals surface area (Å²) in [5.41, 5.74) is 0.296. The molecule has 2 heterocycles. The predicted octanol–water partition coefficient (Wildman–Crippen LogP) is 1.98. The van der Waals surface area contributed by atoms with Crippen molar-refractivity contribution in [3.8, 4) is 16.9 Å². The van der Waals surface area contributed by atoms with Crippen LogP contribution in [0.15, 0.2) is 47.5 Å². The van der Waals surface area contributed by atoms with E-state index in [9.17, 15) is 14.7 Å². The molecule has 23 heavy (non-hydrogen) atoms. The Bertz CT molecular complexity index is 944. The summed E-state index contributed by atoms with van der Waals surface area (Å²) in [5, 5.41) is 18.0. The molecule has 7 nitrogen and oxygen atoms in total. The third-order valence-corrected chi connectivity index (χ3v) is 3.47. The molecule has 0 spiro atoms. The third-order valence-electron chi connectivity index (χ3n) is 3.22. The van der Waals surface area contributed by atoms with E-state index in [2.05, 4.69) is 10.2 Å². The fraction of sp³-hybridized carbons (Fsp3) is 0.0667. The van der Waals surface area contributed by atoms with E-state index in [-0.39, 0.29) is 5.56 Å². The molecule has 0 aliphatic heterocycles. The number of aryl methyl sites for hydroxylation is 1. The molecule has 0 amide bonds. The van der Waals surface area contributed by atoms with Crippen LogP contribution in [0.3, 0.4) is 0 Å². The Morgan fingerprint density at radius 2 is 1.96 bits per heavy atom. The molecule has 0 atom stereocenters. The maximum atomic E-state index is 12.3. The molecule has 0 unspecified atom stereocenters. The normalized spacial score (nSPS) is 10.7.